The molecule has 0 aliphatic rings. The number of rotatable bonds is 6. The lowest BCUT2D eigenvalue weighted by Gasteiger charge is -2.26. The first-order chi connectivity index (χ1) is 8.04. The van der Waals surface area contributed by atoms with Gasteiger partial charge in [-0.2, -0.15) is 0 Å². The van der Waals surface area contributed by atoms with E-state index in [1.807, 2.05) is 7.05 Å². The van der Waals surface area contributed by atoms with Gasteiger partial charge in [0.1, 0.15) is 0 Å². The van der Waals surface area contributed by atoms with Crippen LogP contribution in [-0.2, 0) is 0 Å². The summed E-state index contributed by atoms with van der Waals surface area (Å²) < 4.78 is 0. The molecular formula is C15H26N2. The van der Waals surface area contributed by atoms with Gasteiger partial charge in [-0.3, -0.25) is 0 Å². The normalized spacial score (nSPS) is 13.4. The first kappa shape index (κ1) is 14.2. The molecule has 96 valence electrons. The Hall–Kier alpha value is -0.860. The second kappa shape index (κ2) is 6.77. The van der Waals surface area contributed by atoms with E-state index in [4.69, 9.17) is 0 Å². The van der Waals surface area contributed by atoms with Crippen LogP contribution in [0.25, 0.3) is 0 Å². The summed E-state index contributed by atoms with van der Waals surface area (Å²) in [6.45, 7) is 8.91. The summed E-state index contributed by atoms with van der Waals surface area (Å²) >= 11 is 0. The summed E-state index contributed by atoms with van der Waals surface area (Å²) in [6, 6.07) is 9.04. The van der Waals surface area contributed by atoms with Crippen LogP contribution in [0.3, 0.4) is 0 Å². The van der Waals surface area contributed by atoms with E-state index >= 15 is 0 Å². The predicted octanol–water partition coefficient (Wildman–Crippen LogP) is 2.84. The van der Waals surface area contributed by atoms with Gasteiger partial charge in [0.2, 0.25) is 0 Å². The number of hydrogen-bond acceptors (Lipinski definition) is 2. The third kappa shape index (κ3) is 4.49. The van der Waals surface area contributed by atoms with Gasteiger partial charge in [0.05, 0.1) is 0 Å². The third-order valence-corrected chi connectivity index (χ3v) is 3.08. The second-order valence-corrected chi connectivity index (χ2v) is 5.31. The molecule has 0 amide bonds. The van der Waals surface area contributed by atoms with Crippen LogP contribution in [-0.4, -0.2) is 32.1 Å². The maximum atomic E-state index is 3.42. The number of likely N-dealkylation sites (N-methyl/N-ethyl adjacent to an activating group) is 2. The van der Waals surface area contributed by atoms with Crippen molar-refractivity contribution >= 4 is 0 Å². The van der Waals surface area contributed by atoms with Crippen molar-refractivity contribution in [2.45, 2.75) is 26.8 Å². The average Bonchev–Trinajstić information content (AvgIpc) is 2.26. The smallest absolute Gasteiger partial charge is 0.0449 e. The summed E-state index contributed by atoms with van der Waals surface area (Å²) in [4.78, 5) is 2.40. The fourth-order valence-corrected chi connectivity index (χ4v) is 2.33. The SMILES string of the molecule is CNC(CN(C)CC(C)C)c1ccccc1C. The second-order valence-electron chi connectivity index (χ2n) is 5.31. The van der Waals surface area contributed by atoms with Crippen LogP contribution in [0, 0.1) is 12.8 Å². The summed E-state index contributed by atoms with van der Waals surface area (Å²) in [6.07, 6.45) is 0. The van der Waals surface area contributed by atoms with E-state index in [-0.39, 0.29) is 0 Å². The lowest BCUT2D eigenvalue weighted by atomic mass is 10.0. The molecule has 1 unspecified atom stereocenters. The largest absolute Gasteiger partial charge is 0.312 e. The molecule has 2 heteroatoms. The lowest BCUT2D eigenvalue weighted by Crippen LogP contribution is -2.33. The van der Waals surface area contributed by atoms with Gasteiger partial charge in [-0.05, 0) is 38.1 Å². The van der Waals surface area contributed by atoms with E-state index in [2.05, 4.69) is 62.3 Å². The molecule has 1 aromatic rings. The Balaban J connectivity index is 2.69. The Kier molecular flexibility index (Phi) is 5.66. The number of hydrogen-bond donors (Lipinski definition) is 1. The fourth-order valence-electron chi connectivity index (χ4n) is 2.33. The molecule has 1 N–H and O–H groups in total. The molecule has 0 saturated carbocycles. The molecule has 0 aromatic heterocycles. The van der Waals surface area contributed by atoms with Crippen LogP contribution in [0.1, 0.15) is 31.0 Å². The molecule has 0 spiro atoms. The van der Waals surface area contributed by atoms with Gasteiger partial charge in [0.15, 0.2) is 0 Å². The Bertz CT molecular complexity index is 333. The van der Waals surface area contributed by atoms with Crippen molar-refractivity contribution in [1.82, 2.24) is 10.2 Å². The van der Waals surface area contributed by atoms with Gasteiger partial charge in [-0.15, -0.1) is 0 Å². The predicted molar refractivity (Wildman–Crippen MR) is 75.3 cm³/mol. The van der Waals surface area contributed by atoms with Crippen LogP contribution in [0.5, 0.6) is 0 Å². The Morgan fingerprint density at radius 1 is 1.18 bits per heavy atom. The number of benzene rings is 1. The molecule has 0 bridgehead atoms. The molecule has 0 aliphatic heterocycles. The molecule has 1 rings (SSSR count). The van der Waals surface area contributed by atoms with Crippen molar-refractivity contribution < 1.29 is 0 Å². The minimum atomic E-state index is 0.417. The van der Waals surface area contributed by atoms with Crippen LogP contribution in [0.4, 0.5) is 0 Å². The van der Waals surface area contributed by atoms with E-state index in [1.165, 1.54) is 11.1 Å². The van der Waals surface area contributed by atoms with E-state index in [0.29, 0.717) is 6.04 Å². The summed E-state index contributed by atoms with van der Waals surface area (Å²) in [5.74, 6) is 0.717. The molecule has 0 fully saturated rings. The zero-order valence-corrected chi connectivity index (χ0v) is 11.8. The van der Waals surface area contributed by atoms with Crippen LogP contribution >= 0.6 is 0 Å². The highest BCUT2D eigenvalue weighted by molar-refractivity contribution is 5.28. The molecule has 0 radical (unpaired) electrons. The Morgan fingerprint density at radius 3 is 2.35 bits per heavy atom. The Morgan fingerprint density at radius 2 is 1.82 bits per heavy atom. The molecule has 1 aromatic carbocycles. The van der Waals surface area contributed by atoms with Crippen LogP contribution < -0.4 is 5.32 Å². The molecule has 0 saturated heterocycles. The van der Waals surface area contributed by atoms with Gasteiger partial charge < -0.3 is 10.2 Å². The highest BCUT2D eigenvalue weighted by Gasteiger charge is 2.14. The van der Waals surface area contributed by atoms with Crippen LogP contribution in [0.15, 0.2) is 24.3 Å². The van der Waals surface area contributed by atoms with Crippen molar-refractivity contribution in [2.75, 3.05) is 27.2 Å². The van der Waals surface area contributed by atoms with Crippen molar-refractivity contribution in [3.05, 3.63) is 35.4 Å². The topological polar surface area (TPSA) is 15.3 Å². The average molecular weight is 234 g/mol. The first-order valence-electron chi connectivity index (χ1n) is 6.46. The van der Waals surface area contributed by atoms with Gasteiger partial charge in [0.25, 0.3) is 0 Å². The maximum absolute atomic E-state index is 3.42. The van der Waals surface area contributed by atoms with E-state index in [1.54, 1.807) is 0 Å². The number of aryl methyl sites for hydroxylation is 1. The zero-order chi connectivity index (χ0) is 12.8. The molecular weight excluding hydrogens is 208 g/mol. The molecule has 1 atom stereocenters. The summed E-state index contributed by atoms with van der Waals surface area (Å²) in [5.41, 5.74) is 2.77. The molecule has 0 aliphatic carbocycles. The van der Waals surface area contributed by atoms with E-state index in [9.17, 15) is 0 Å². The van der Waals surface area contributed by atoms with E-state index in [0.717, 1.165) is 19.0 Å². The Labute approximate surface area is 106 Å². The zero-order valence-electron chi connectivity index (χ0n) is 11.8. The quantitative estimate of drug-likeness (QED) is 0.814. The molecule has 2 nitrogen and oxygen atoms in total. The third-order valence-electron chi connectivity index (χ3n) is 3.08. The summed E-state index contributed by atoms with van der Waals surface area (Å²) in [7, 11) is 4.24. The van der Waals surface area contributed by atoms with Gasteiger partial charge >= 0.3 is 0 Å². The van der Waals surface area contributed by atoms with Crippen LogP contribution in [0.2, 0.25) is 0 Å². The molecule has 0 heterocycles. The highest BCUT2D eigenvalue weighted by atomic mass is 15.1. The first-order valence-corrected chi connectivity index (χ1v) is 6.46. The van der Waals surface area contributed by atoms with E-state index < -0.39 is 0 Å². The highest BCUT2D eigenvalue weighted by Crippen LogP contribution is 2.18. The van der Waals surface area contributed by atoms with Crippen molar-refractivity contribution in [1.29, 1.82) is 0 Å². The summed E-state index contributed by atoms with van der Waals surface area (Å²) in [5, 5.41) is 3.42. The molecule has 17 heavy (non-hydrogen) atoms. The fraction of sp³-hybridized carbons (Fsp3) is 0.600. The lowest BCUT2D eigenvalue weighted by molar-refractivity contribution is 0.266. The van der Waals surface area contributed by atoms with Gasteiger partial charge in [0, 0.05) is 19.1 Å². The van der Waals surface area contributed by atoms with Gasteiger partial charge in [-0.1, -0.05) is 38.1 Å². The van der Waals surface area contributed by atoms with Gasteiger partial charge in [-0.25, -0.2) is 0 Å². The van der Waals surface area contributed by atoms with Crippen molar-refractivity contribution in [3.63, 3.8) is 0 Å². The maximum Gasteiger partial charge on any atom is 0.0449 e. The van der Waals surface area contributed by atoms with Crippen molar-refractivity contribution in [3.8, 4) is 0 Å². The standard InChI is InChI=1S/C15H26N2/c1-12(2)10-17(5)11-15(16-4)14-9-7-6-8-13(14)3/h6-9,12,15-16H,10-11H2,1-5H3. The monoisotopic (exact) mass is 234 g/mol. The minimum absolute atomic E-state index is 0.417. The van der Waals surface area contributed by atoms with Crippen molar-refractivity contribution in [2.24, 2.45) is 5.92 Å². The minimum Gasteiger partial charge on any atom is -0.312 e. The number of nitrogens with one attached hydrogen (secondary N) is 1. The number of nitrogens with zero attached hydrogens (tertiary/aromatic N) is 1.